The van der Waals surface area contributed by atoms with E-state index < -0.39 is 11.9 Å². The van der Waals surface area contributed by atoms with Crippen molar-refractivity contribution in [2.24, 2.45) is 0 Å². The smallest absolute Gasteiger partial charge is 0.340 e. The van der Waals surface area contributed by atoms with Crippen molar-refractivity contribution < 1.29 is 14.3 Å². The van der Waals surface area contributed by atoms with E-state index in [0.717, 1.165) is 22.6 Å². The van der Waals surface area contributed by atoms with Crippen LogP contribution < -0.4 is 4.90 Å². The Hall–Kier alpha value is -2.70. The SMILES string of the molecule is COC(=O)C1=C(C)N(c2cc(Cl)cc(Cl)c2)C(=O)/C1=C\c1cc(C)n(-c2ccc(Cl)cc2Cl)c1C. The Morgan fingerprint density at radius 2 is 1.57 bits per heavy atom. The summed E-state index contributed by atoms with van der Waals surface area (Å²) in [6.45, 7) is 5.52. The van der Waals surface area contributed by atoms with Gasteiger partial charge in [0.1, 0.15) is 0 Å². The second-order valence-corrected chi connectivity index (χ2v) is 9.75. The van der Waals surface area contributed by atoms with Gasteiger partial charge in [-0.15, -0.1) is 0 Å². The first kappa shape index (κ1) is 25.4. The summed E-state index contributed by atoms with van der Waals surface area (Å²) in [6.07, 6.45) is 1.69. The molecule has 2 heterocycles. The molecule has 0 saturated carbocycles. The molecule has 5 nitrogen and oxygen atoms in total. The molecule has 180 valence electrons. The number of ether oxygens (including phenoxy) is 1. The lowest BCUT2D eigenvalue weighted by Gasteiger charge is -2.18. The quantitative estimate of drug-likeness (QED) is 0.249. The Kier molecular flexibility index (Phi) is 7.07. The molecule has 1 amide bonds. The van der Waals surface area contributed by atoms with Crippen LogP contribution in [0.2, 0.25) is 20.1 Å². The third-order valence-corrected chi connectivity index (χ3v) is 6.79. The monoisotopic (exact) mass is 548 g/mol. The normalized spacial score (nSPS) is 14.9. The number of hydrogen-bond donors (Lipinski definition) is 0. The van der Waals surface area contributed by atoms with Crippen LogP contribution >= 0.6 is 46.4 Å². The summed E-state index contributed by atoms with van der Waals surface area (Å²) >= 11 is 24.9. The molecule has 9 heteroatoms. The van der Waals surface area contributed by atoms with Crippen molar-refractivity contribution in [3.63, 3.8) is 0 Å². The van der Waals surface area contributed by atoms with Gasteiger partial charge in [-0.05, 0) is 74.9 Å². The molecule has 0 fully saturated rings. The van der Waals surface area contributed by atoms with E-state index in [4.69, 9.17) is 51.1 Å². The Bertz CT molecular complexity index is 1430. The summed E-state index contributed by atoms with van der Waals surface area (Å²) < 4.78 is 6.97. The van der Waals surface area contributed by atoms with Crippen molar-refractivity contribution in [1.29, 1.82) is 0 Å². The van der Waals surface area contributed by atoms with Crippen molar-refractivity contribution in [2.75, 3.05) is 12.0 Å². The maximum absolute atomic E-state index is 13.6. The molecule has 0 bridgehead atoms. The molecule has 3 aromatic rings. The van der Waals surface area contributed by atoms with E-state index >= 15 is 0 Å². The predicted octanol–water partition coefficient (Wildman–Crippen LogP) is 7.58. The topological polar surface area (TPSA) is 51.5 Å². The molecule has 1 aliphatic rings. The highest BCUT2D eigenvalue weighted by Crippen LogP contribution is 2.38. The number of halogens is 4. The van der Waals surface area contributed by atoms with Gasteiger partial charge in [-0.3, -0.25) is 9.69 Å². The molecule has 4 rings (SSSR count). The fraction of sp³-hybridized carbons (Fsp3) is 0.154. The van der Waals surface area contributed by atoms with Crippen LogP contribution in [0.1, 0.15) is 23.9 Å². The van der Waals surface area contributed by atoms with Crippen LogP contribution in [0.3, 0.4) is 0 Å². The minimum atomic E-state index is -0.618. The zero-order chi connectivity index (χ0) is 25.6. The molecule has 0 unspecified atom stereocenters. The van der Waals surface area contributed by atoms with Gasteiger partial charge >= 0.3 is 5.97 Å². The van der Waals surface area contributed by atoms with E-state index in [1.807, 2.05) is 30.5 Å². The van der Waals surface area contributed by atoms with Crippen LogP contribution in [-0.4, -0.2) is 23.6 Å². The van der Waals surface area contributed by atoms with Crippen LogP contribution in [0, 0.1) is 13.8 Å². The van der Waals surface area contributed by atoms with Crippen LogP contribution in [0.25, 0.3) is 11.8 Å². The zero-order valence-corrected chi connectivity index (χ0v) is 22.3. The summed E-state index contributed by atoms with van der Waals surface area (Å²) in [5, 5.41) is 1.76. The number of allylic oxidation sites excluding steroid dienone is 1. The molecular weight excluding hydrogens is 530 g/mol. The molecule has 0 spiro atoms. The molecular formula is C26H20Cl4N2O3. The zero-order valence-electron chi connectivity index (χ0n) is 19.2. The Labute approximate surface area is 223 Å². The van der Waals surface area contributed by atoms with E-state index in [9.17, 15) is 9.59 Å². The van der Waals surface area contributed by atoms with Crippen LogP contribution in [0.15, 0.2) is 59.3 Å². The molecule has 0 atom stereocenters. The molecule has 0 radical (unpaired) electrons. The number of rotatable bonds is 4. The predicted molar refractivity (Wildman–Crippen MR) is 142 cm³/mol. The van der Waals surface area contributed by atoms with Crippen LogP contribution in [-0.2, 0) is 14.3 Å². The first-order chi connectivity index (χ1) is 16.5. The van der Waals surface area contributed by atoms with Crippen LogP contribution in [0.5, 0.6) is 0 Å². The van der Waals surface area contributed by atoms with Gasteiger partial charge in [0.2, 0.25) is 0 Å². The molecule has 1 aliphatic heterocycles. The fourth-order valence-corrected chi connectivity index (χ4v) is 5.29. The largest absolute Gasteiger partial charge is 0.465 e. The summed E-state index contributed by atoms with van der Waals surface area (Å²) in [5.74, 6) is -1.01. The highest BCUT2D eigenvalue weighted by Gasteiger charge is 2.38. The van der Waals surface area contributed by atoms with Crippen molar-refractivity contribution in [3.05, 3.63) is 96.3 Å². The van der Waals surface area contributed by atoms with Gasteiger partial charge in [0, 0.05) is 32.2 Å². The van der Waals surface area contributed by atoms with Crippen molar-refractivity contribution in [2.45, 2.75) is 20.8 Å². The first-order valence-electron chi connectivity index (χ1n) is 10.5. The average Bonchev–Trinajstić information content (AvgIpc) is 3.19. The lowest BCUT2D eigenvalue weighted by atomic mass is 10.0. The second kappa shape index (κ2) is 9.75. The molecule has 35 heavy (non-hydrogen) atoms. The molecule has 2 aromatic carbocycles. The Balaban J connectivity index is 1.87. The van der Waals surface area contributed by atoms with E-state index in [-0.39, 0.29) is 11.1 Å². The molecule has 0 N–H and O–H groups in total. The van der Waals surface area contributed by atoms with Gasteiger partial charge < -0.3 is 9.30 Å². The van der Waals surface area contributed by atoms with E-state index in [0.29, 0.717) is 31.5 Å². The summed E-state index contributed by atoms with van der Waals surface area (Å²) in [6, 6.07) is 12.0. The van der Waals surface area contributed by atoms with Crippen LogP contribution in [0.4, 0.5) is 5.69 Å². The highest BCUT2D eigenvalue weighted by atomic mass is 35.5. The van der Waals surface area contributed by atoms with Gasteiger partial charge in [-0.1, -0.05) is 46.4 Å². The third kappa shape index (κ3) is 4.62. The lowest BCUT2D eigenvalue weighted by Crippen LogP contribution is -2.24. The first-order valence-corrected chi connectivity index (χ1v) is 12.0. The minimum Gasteiger partial charge on any atom is -0.465 e. The standard InChI is InChI=1S/C26H20Cl4N2O3/c1-13-7-16(14(2)31(13)23-6-5-17(27)12-22(23)30)8-21-24(26(34)35-4)15(3)32(25(21)33)20-10-18(28)9-19(29)11-20/h5-12H,1-4H3/b21-8-. The lowest BCUT2D eigenvalue weighted by molar-refractivity contribution is -0.136. The number of aromatic nitrogens is 1. The maximum atomic E-state index is 13.6. The summed E-state index contributed by atoms with van der Waals surface area (Å²) in [4.78, 5) is 27.8. The van der Waals surface area contributed by atoms with Gasteiger partial charge in [-0.25, -0.2) is 4.79 Å². The number of amides is 1. The molecule has 1 aromatic heterocycles. The molecule has 0 aliphatic carbocycles. The van der Waals surface area contributed by atoms with E-state index in [1.165, 1.54) is 12.0 Å². The summed E-state index contributed by atoms with van der Waals surface area (Å²) in [5.41, 5.74) is 4.46. The number of esters is 1. The third-order valence-electron chi connectivity index (χ3n) is 5.82. The van der Waals surface area contributed by atoms with Gasteiger partial charge in [0.25, 0.3) is 5.91 Å². The summed E-state index contributed by atoms with van der Waals surface area (Å²) in [7, 11) is 1.28. The number of carbonyl (C=O) groups excluding carboxylic acids is 2. The second-order valence-electron chi connectivity index (χ2n) is 8.04. The van der Waals surface area contributed by atoms with Gasteiger partial charge in [-0.2, -0.15) is 0 Å². The van der Waals surface area contributed by atoms with Crippen molar-refractivity contribution in [3.8, 4) is 5.69 Å². The minimum absolute atomic E-state index is 0.169. The number of anilines is 1. The number of carbonyl (C=O) groups is 2. The maximum Gasteiger partial charge on any atom is 0.340 e. The van der Waals surface area contributed by atoms with E-state index in [2.05, 4.69) is 0 Å². The highest BCUT2D eigenvalue weighted by molar-refractivity contribution is 6.36. The number of nitrogens with zero attached hydrogens (tertiary/aromatic N) is 2. The van der Waals surface area contributed by atoms with E-state index in [1.54, 1.807) is 43.3 Å². The fourth-order valence-electron chi connectivity index (χ4n) is 4.28. The van der Waals surface area contributed by atoms with Gasteiger partial charge in [0.15, 0.2) is 0 Å². The number of aryl methyl sites for hydroxylation is 1. The van der Waals surface area contributed by atoms with Crippen molar-refractivity contribution in [1.82, 2.24) is 4.57 Å². The Morgan fingerprint density at radius 3 is 2.17 bits per heavy atom. The molecule has 0 saturated heterocycles. The average molecular weight is 550 g/mol. The number of methoxy groups -OCH3 is 1. The Morgan fingerprint density at radius 1 is 0.914 bits per heavy atom. The van der Waals surface area contributed by atoms with Crippen molar-refractivity contribution >= 4 is 70.0 Å². The number of hydrogen-bond acceptors (Lipinski definition) is 3. The van der Waals surface area contributed by atoms with Gasteiger partial charge in [0.05, 0.1) is 34.7 Å². The number of benzene rings is 2.